The molecule has 114 valence electrons. The van der Waals surface area contributed by atoms with Gasteiger partial charge in [0.15, 0.2) is 0 Å². The van der Waals surface area contributed by atoms with Crippen LogP contribution < -0.4 is 5.32 Å². The molecule has 0 amide bonds. The number of nitrogens with one attached hydrogen (secondary N) is 1. The Hall–Kier alpha value is -1.26. The van der Waals surface area contributed by atoms with Crippen LogP contribution >= 0.6 is 11.3 Å². The largest absolute Gasteiger partial charge is 0.313 e. The fraction of sp³-hybridized carbons (Fsp3) is 0.471. The lowest BCUT2D eigenvalue weighted by molar-refractivity contribution is 0.503. The van der Waals surface area contributed by atoms with Crippen molar-refractivity contribution in [2.75, 3.05) is 6.54 Å². The maximum atomic E-state index is 13.0. The normalized spacial score (nSPS) is 12.6. The summed E-state index contributed by atoms with van der Waals surface area (Å²) in [6, 6.07) is 7.15. The number of aryl methyl sites for hydroxylation is 2. The zero-order chi connectivity index (χ0) is 15.2. The van der Waals surface area contributed by atoms with E-state index in [1.165, 1.54) is 22.0 Å². The Kier molecular flexibility index (Phi) is 5.88. The predicted octanol–water partition coefficient (Wildman–Crippen LogP) is 4.05. The van der Waals surface area contributed by atoms with Gasteiger partial charge in [0.1, 0.15) is 5.82 Å². The average Bonchev–Trinajstić information content (AvgIpc) is 2.77. The van der Waals surface area contributed by atoms with Gasteiger partial charge in [-0.2, -0.15) is 0 Å². The smallest absolute Gasteiger partial charge is 0.123 e. The Bertz CT molecular complexity index is 543. The third kappa shape index (κ3) is 4.90. The fourth-order valence-electron chi connectivity index (χ4n) is 2.31. The first-order valence-corrected chi connectivity index (χ1v) is 8.31. The first-order valence-electron chi connectivity index (χ1n) is 7.49. The van der Waals surface area contributed by atoms with Gasteiger partial charge >= 0.3 is 0 Å². The van der Waals surface area contributed by atoms with Crippen LogP contribution in [0, 0.1) is 19.7 Å². The van der Waals surface area contributed by atoms with E-state index in [0.29, 0.717) is 6.04 Å². The van der Waals surface area contributed by atoms with Gasteiger partial charge in [0.25, 0.3) is 0 Å². The van der Waals surface area contributed by atoms with Gasteiger partial charge < -0.3 is 5.32 Å². The standard InChI is InChI=1S/C17H23FN2S/c1-4-9-19-16(10-14-5-7-15(18)8-6-14)11-17-20-12(2)13(3)21-17/h5-8,16,19H,4,9-11H2,1-3H3. The van der Waals surface area contributed by atoms with Crippen molar-refractivity contribution in [3.05, 3.63) is 51.2 Å². The summed E-state index contributed by atoms with van der Waals surface area (Å²) in [7, 11) is 0. The highest BCUT2D eigenvalue weighted by atomic mass is 32.1. The molecule has 0 bridgehead atoms. The molecule has 4 heteroatoms. The number of aromatic nitrogens is 1. The molecule has 0 saturated heterocycles. The maximum absolute atomic E-state index is 13.0. The molecule has 0 saturated carbocycles. The van der Waals surface area contributed by atoms with E-state index in [4.69, 9.17) is 0 Å². The zero-order valence-electron chi connectivity index (χ0n) is 12.9. The van der Waals surface area contributed by atoms with Crippen LogP contribution in [0.25, 0.3) is 0 Å². The van der Waals surface area contributed by atoms with Gasteiger partial charge in [0.2, 0.25) is 0 Å². The van der Waals surface area contributed by atoms with Gasteiger partial charge in [-0.1, -0.05) is 19.1 Å². The van der Waals surface area contributed by atoms with Crippen molar-refractivity contribution in [1.29, 1.82) is 0 Å². The molecule has 2 nitrogen and oxygen atoms in total. The lowest BCUT2D eigenvalue weighted by atomic mass is 10.0. The summed E-state index contributed by atoms with van der Waals surface area (Å²) in [6.07, 6.45) is 2.94. The third-order valence-corrected chi connectivity index (χ3v) is 4.67. The van der Waals surface area contributed by atoms with E-state index in [0.717, 1.165) is 37.1 Å². The minimum atomic E-state index is -0.178. The molecule has 1 unspecified atom stereocenters. The number of nitrogens with zero attached hydrogens (tertiary/aromatic N) is 1. The highest BCUT2D eigenvalue weighted by molar-refractivity contribution is 7.11. The topological polar surface area (TPSA) is 24.9 Å². The number of benzene rings is 1. The van der Waals surface area contributed by atoms with Gasteiger partial charge in [0.05, 0.1) is 10.7 Å². The minimum absolute atomic E-state index is 0.178. The van der Waals surface area contributed by atoms with Crippen LogP contribution in [0.4, 0.5) is 4.39 Å². The van der Waals surface area contributed by atoms with E-state index in [1.807, 2.05) is 12.1 Å². The number of thiazole rings is 1. The van der Waals surface area contributed by atoms with Gasteiger partial charge in [-0.15, -0.1) is 11.3 Å². The lowest BCUT2D eigenvalue weighted by Gasteiger charge is -2.17. The summed E-state index contributed by atoms with van der Waals surface area (Å²) < 4.78 is 13.0. The van der Waals surface area contributed by atoms with Gasteiger partial charge in [-0.3, -0.25) is 0 Å². The Morgan fingerprint density at radius 2 is 1.90 bits per heavy atom. The van der Waals surface area contributed by atoms with Crippen molar-refractivity contribution in [1.82, 2.24) is 10.3 Å². The number of halogens is 1. The van der Waals surface area contributed by atoms with Crippen molar-refractivity contribution in [2.24, 2.45) is 0 Å². The first kappa shape index (κ1) is 16.1. The predicted molar refractivity (Wildman–Crippen MR) is 87.5 cm³/mol. The minimum Gasteiger partial charge on any atom is -0.313 e. The molecule has 0 fully saturated rings. The molecule has 0 radical (unpaired) electrons. The Balaban J connectivity index is 2.04. The van der Waals surface area contributed by atoms with E-state index in [-0.39, 0.29) is 5.82 Å². The van der Waals surface area contributed by atoms with E-state index in [2.05, 4.69) is 31.1 Å². The number of rotatable bonds is 7. The zero-order valence-corrected chi connectivity index (χ0v) is 13.8. The lowest BCUT2D eigenvalue weighted by Crippen LogP contribution is -2.33. The van der Waals surface area contributed by atoms with Crippen LogP contribution in [0.1, 0.15) is 34.5 Å². The Labute approximate surface area is 130 Å². The van der Waals surface area contributed by atoms with Crippen molar-refractivity contribution in [3.63, 3.8) is 0 Å². The van der Waals surface area contributed by atoms with Crippen LogP contribution in [0.15, 0.2) is 24.3 Å². The molecule has 0 spiro atoms. The molecule has 0 aliphatic rings. The first-order chi connectivity index (χ1) is 10.1. The molecule has 21 heavy (non-hydrogen) atoms. The van der Waals surface area contributed by atoms with Gasteiger partial charge in [-0.25, -0.2) is 9.37 Å². The van der Waals surface area contributed by atoms with Crippen molar-refractivity contribution in [2.45, 2.75) is 46.1 Å². The van der Waals surface area contributed by atoms with Crippen LogP contribution in [-0.4, -0.2) is 17.6 Å². The second-order valence-electron chi connectivity index (χ2n) is 5.43. The molecule has 2 aromatic rings. The highest BCUT2D eigenvalue weighted by Crippen LogP contribution is 2.19. The van der Waals surface area contributed by atoms with Crippen LogP contribution in [-0.2, 0) is 12.8 Å². The molecular formula is C17H23FN2S. The number of hydrogen-bond acceptors (Lipinski definition) is 3. The molecule has 1 N–H and O–H groups in total. The molecule has 1 aromatic carbocycles. The summed E-state index contributed by atoms with van der Waals surface area (Å²) >= 11 is 1.78. The van der Waals surface area contributed by atoms with Crippen molar-refractivity contribution >= 4 is 11.3 Å². The number of hydrogen-bond donors (Lipinski definition) is 1. The van der Waals surface area contributed by atoms with Crippen LogP contribution in [0.3, 0.4) is 0 Å². The second-order valence-corrected chi connectivity index (χ2v) is 6.72. The quantitative estimate of drug-likeness (QED) is 0.834. The Morgan fingerprint density at radius 3 is 2.48 bits per heavy atom. The Morgan fingerprint density at radius 1 is 1.19 bits per heavy atom. The molecule has 1 heterocycles. The van der Waals surface area contributed by atoms with Crippen LogP contribution in [0.2, 0.25) is 0 Å². The summed E-state index contributed by atoms with van der Waals surface area (Å²) in [4.78, 5) is 5.92. The van der Waals surface area contributed by atoms with E-state index < -0.39 is 0 Å². The molecule has 1 atom stereocenters. The molecule has 2 rings (SSSR count). The summed E-state index contributed by atoms with van der Waals surface area (Å²) in [5, 5.41) is 4.76. The summed E-state index contributed by atoms with van der Waals surface area (Å²) in [5.74, 6) is -0.178. The van der Waals surface area contributed by atoms with Crippen molar-refractivity contribution in [3.8, 4) is 0 Å². The van der Waals surface area contributed by atoms with E-state index in [1.54, 1.807) is 11.3 Å². The molecular weight excluding hydrogens is 283 g/mol. The van der Waals surface area contributed by atoms with Crippen molar-refractivity contribution < 1.29 is 4.39 Å². The van der Waals surface area contributed by atoms with Crippen LogP contribution in [0.5, 0.6) is 0 Å². The summed E-state index contributed by atoms with van der Waals surface area (Å²) in [5.41, 5.74) is 2.29. The maximum Gasteiger partial charge on any atom is 0.123 e. The molecule has 1 aromatic heterocycles. The molecule has 0 aliphatic carbocycles. The molecule has 0 aliphatic heterocycles. The van der Waals surface area contributed by atoms with Gasteiger partial charge in [-0.05, 0) is 50.9 Å². The summed E-state index contributed by atoms with van der Waals surface area (Å²) in [6.45, 7) is 7.34. The van der Waals surface area contributed by atoms with E-state index in [9.17, 15) is 4.39 Å². The highest BCUT2D eigenvalue weighted by Gasteiger charge is 2.13. The fourth-order valence-corrected chi connectivity index (χ4v) is 3.32. The third-order valence-electron chi connectivity index (χ3n) is 3.57. The average molecular weight is 306 g/mol. The van der Waals surface area contributed by atoms with E-state index >= 15 is 0 Å². The SMILES string of the molecule is CCCNC(Cc1ccc(F)cc1)Cc1nc(C)c(C)s1. The second kappa shape index (κ2) is 7.66. The monoisotopic (exact) mass is 306 g/mol. The van der Waals surface area contributed by atoms with Gasteiger partial charge in [0, 0.05) is 17.3 Å².